The van der Waals surface area contributed by atoms with Crippen molar-refractivity contribution in [3.05, 3.63) is 29.8 Å². The average Bonchev–Trinajstić information content (AvgIpc) is 3.22. The first-order chi connectivity index (χ1) is 11.7. The number of hydrogen-bond donors (Lipinski definition) is 0. The molecule has 3 aliphatic rings. The Morgan fingerprint density at radius 3 is 3.04 bits per heavy atom. The van der Waals surface area contributed by atoms with Crippen molar-refractivity contribution in [3.8, 4) is 0 Å². The van der Waals surface area contributed by atoms with E-state index < -0.39 is 0 Å². The Balaban J connectivity index is 1.43. The molecule has 5 heteroatoms. The van der Waals surface area contributed by atoms with E-state index in [0.717, 1.165) is 57.6 Å². The summed E-state index contributed by atoms with van der Waals surface area (Å²) < 4.78 is 11.8. The molecule has 130 valence electrons. The van der Waals surface area contributed by atoms with E-state index >= 15 is 0 Å². The van der Waals surface area contributed by atoms with Gasteiger partial charge in [0.1, 0.15) is 5.60 Å². The van der Waals surface area contributed by atoms with Crippen molar-refractivity contribution in [2.45, 2.75) is 37.4 Å². The standard InChI is InChI=1S/C19H26N2O3/c1-23-17-8-10-20(14-19(17)9-4-12-24-19)13-18(22)21-11-7-15-5-2-3-6-16(15)21/h2-3,5-6,17H,4,7-14H2,1H3. The number of carbonyl (C=O) groups is 1. The van der Waals surface area contributed by atoms with E-state index in [2.05, 4.69) is 17.0 Å². The van der Waals surface area contributed by atoms with Gasteiger partial charge in [-0.3, -0.25) is 9.69 Å². The van der Waals surface area contributed by atoms with Crippen LogP contribution < -0.4 is 4.90 Å². The molecule has 3 heterocycles. The number of nitrogens with zero attached hydrogens (tertiary/aromatic N) is 2. The maximum Gasteiger partial charge on any atom is 0.241 e. The molecule has 1 aromatic rings. The largest absolute Gasteiger partial charge is 0.378 e. The van der Waals surface area contributed by atoms with Crippen LogP contribution in [0, 0.1) is 0 Å². The van der Waals surface area contributed by atoms with Crippen molar-refractivity contribution in [2.24, 2.45) is 0 Å². The molecule has 0 aliphatic carbocycles. The third-order valence-electron chi connectivity index (χ3n) is 5.75. The van der Waals surface area contributed by atoms with Gasteiger partial charge in [-0.25, -0.2) is 0 Å². The summed E-state index contributed by atoms with van der Waals surface area (Å²) >= 11 is 0. The maximum atomic E-state index is 12.8. The predicted octanol–water partition coefficient (Wildman–Crippen LogP) is 1.85. The second-order valence-electron chi connectivity index (χ2n) is 7.16. The van der Waals surface area contributed by atoms with Crippen molar-refractivity contribution < 1.29 is 14.3 Å². The number of carbonyl (C=O) groups excluding carboxylic acids is 1. The van der Waals surface area contributed by atoms with Gasteiger partial charge in [-0.15, -0.1) is 0 Å². The zero-order valence-electron chi connectivity index (χ0n) is 14.4. The fourth-order valence-electron chi connectivity index (χ4n) is 4.56. The number of rotatable bonds is 3. The second kappa shape index (κ2) is 6.47. The van der Waals surface area contributed by atoms with E-state index in [1.807, 2.05) is 17.0 Å². The van der Waals surface area contributed by atoms with Crippen LogP contribution in [0.4, 0.5) is 5.69 Å². The Bertz CT molecular complexity index is 612. The third-order valence-corrected chi connectivity index (χ3v) is 5.75. The summed E-state index contributed by atoms with van der Waals surface area (Å²) in [5.74, 6) is 0.198. The first-order valence-electron chi connectivity index (χ1n) is 8.99. The minimum absolute atomic E-state index is 0.152. The molecule has 1 aromatic carbocycles. The molecule has 3 aliphatic heterocycles. The summed E-state index contributed by atoms with van der Waals surface area (Å²) in [6, 6.07) is 8.23. The second-order valence-corrected chi connectivity index (χ2v) is 7.16. The lowest BCUT2D eigenvalue weighted by Crippen LogP contribution is -2.58. The molecule has 2 saturated heterocycles. The van der Waals surface area contributed by atoms with E-state index in [1.54, 1.807) is 7.11 Å². The van der Waals surface area contributed by atoms with E-state index in [-0.39, 0.29) is 17.6 Å². The van der Waals surface area contributed by atoms with Crippen LogP contribution in [0.3, 0.4) is 0 Å². The first-order valence-corrected chi connectivity index (χ1v) is 8.99. The minimum atomic E-state index is -0.212. The van der Waals surface area contributed by atoms with E-state index in [9.17, 15) is 4.79 Å². The molecule has 1 spiro atoms. The van der Waals surface area contributed by atoms with Gasteiger partial charge in [-0.1, -0.05) is 18.2 Å². The number of ether oxygens (including phenoxy) is 2. The Morgan fingerprint density at radius 1 is 1.38 bits per heavy atom. The van der Waals surface area contributed by atoms with Crippen LogP contribution in [-0.4, -0.2) is 62.4 Å². The van der Waals surface area contributed by atoms with Crippen molar-refractivity contribution in [1.82, 2.24) is 4.90 Å². The van der Waals surface area contributed by atoms with Crippen molar-refractivity contribution in [2.75, 3.05) is 44.8 Å². The number of methoxy groups -OCH3 is 1. The van der Waals surface area contributed by atoms with Gasteiger partial charge in [-0.05, 0) is 37.3 Å². The highest BCUT2D eigenvalue weighted by Crippen LogP contribution is 2.36. The lowest BCUT2D eigenvalue weighted by Gasteiger charge is -2.44. The molecule has 0 radical (unpaired) electrons. The van der Waals surface area contributed by atoms with Gasteiger partial charge >= 0.3 is 0 Å². The fourth-order valence-corrected chi connectivity index (χ4v) is 4.56. The van der Waals surface area contributed by atoms with Crippen LogP contribution in [-0.2, 0) is 20.7 Å². The number of para-hydroxylation sites is 1. The van der Waals surface area contributed by atoms with Crippen LogP contribution in [0.2, 0.25) is 0 Å². The Labute approximate surface area is 143 Å². The molecule has 2 unspecified atom stereocenters. The molecule has 0 saturated carbocycles. The highest BCUT2D eigenvalue weighted by Gasteiger charge is 2.47. The number of hydrogen-bond acceptors (Lipinski definition) is 4. The minimum Gasteiger partial charge on any atom is -0.378 e. The highest BCUT2D eigenvalue weighted by atomic mass is 16.5. The van der Waals surface area contributed by atoms with Crippen molar-refractivity contribution in [3.63, 3.8) is 0 Å². The van der Waals surface area contributed by atoms with Crippen LogP contribution in [0.5, 0.6) is 0 Å². The summed E-state index contributed by atoms with van der Waals surface area (Å²) in [6.07, 6.45) is 4.16. The number of benzene rings is 1. The van der Waals surface area contributed by atoms with Crippen molar-refractivity contribution in [1.29, 1.82) is 0 Å². The van der Waals surface area contributed by atoms with Gasteiger partial charge < -0.3 is 14.4 Å². The highest BCUT2D eigenvalue weighted by molar-refractivity contribution is 5.96. The molecule has 4 rings (SSSR count). The number of amides is 1. The Hall–Kier alpha value is -1.43. The number of piperidine rings is 1. The van der Waals surface area contributed by atoms with Crippen LogP contribution in [0.25, 0.3) is 0 Å². The molecule has 1 amide bonds. The first kappa shape index (κ1) is 16.1. The van der Waals surface area contributed by atoms with Gasteiger partial charge in [-0.2, -0.15) is 0 Å². The summed E-state index contributed by atoms with van der Waals surface area (Å²) in [5.41, 5.74) is 2.15. The molecule has 24 heavy (non-hydrogen) atoms. The Kier molecular flexibility index (Phi) is 4.33. The summed E-state index contributed by atoms with van der Waals surface area (Å²) in [7, 11) is 1.77. The summed E-state index contributed by atoms with van der Waals surface area (Å²) in [6.45, 7) is 3.77. The van der Waals surface area contributed by atoms with Crippen molar-refractivity contribution >= 4 is 11.6 Å². The monoisotopic (exact) mass is 330 g/mol. The molecule has 0 bridgehead atoms. The van der Waals surface area contributed by atoms with Gasteiger partial charge in [0.15, 0.2) is 0 Å². The number of anilines is 1. The van der Waals surface area contributed by atoms with Gasteiger partial charge in [0.2, 0.25) is 5.91 Å². The Morgan fingerprint density at radius 2 is 2.25 bits per heavy atom. The predicted molar refractivity (Wildman–Crippen MR) is 92.3 cm³/mol. The molecule has 5 nitrogen and oxygen atoms in total. The molecule has 0 aromatic heterocycles. The zero-order valence-corrected chi connectivity index (χ0v) is 14.4. The molecule has 2 fully saturated rings. The van der Waals surface area contributed by atoms with Gasteiger partial charge in [0.25, 0.3) is 0 Å². The quantitative estimate of drug-likeness (QED) is 0.848. The molecule has 2 atom stereocenters. The lowest BCUT2D eigenvalue weighted by molar-refractivity contribution is -0.147. The molecular weight excluding hydrogens is 304 g/mol. The molecular formula is C19H26N2O3. The number of fused-ring (bicyclic) bond motifs is 1. The topological polar surface area (TPSA) is 42.0 Å². The SMILES string of the molecule is COC1CCN(CC(=O)N2CCc3ccccc32)CC12CCCO2. The zero-order chi connectivity index (χ0) is 16.6. The van der Waals surface area contributed by atoms with Gasteiger partial charge in [0.05, 0.1) is 12.6 Å². The van der Waals surface area contributed by atoms with Gasteiger partial charge in [0, 0.05) is 39.0 Å². The van der Waals surface area contributed by atoms with Crippen LogP contribution in [0.1, 0.15) is 24.8 Å². The van der Waals surface area contributed by atoms with Crippen LogP contribution >= 0.6 is 0 Å². The average molecular weight is 330 g/mol. The smallest absolute Gasteiger partial charge is 0.241 e. The summed E-state index contributed by atoms with van der Waals surface area (Å²) in [5, 5.41) is 0. The van der Waals surface area contributed by atoms with E-state index in [1.165, 1.54) is 5.56 Å². The third kappa shape index (κ3) is 2.75. The lowest BCUT2D eigenvalue weighted by atomic mass is 9.87. The van der Waals surface area contributed by atoms with E-state index in [0.29, 0.717) is 6.54 Å². The van der Waals surface area contributed by atoms with E-state index in [4.69, 9.17) is 9.47 Å². The molecule has 0 N–H and O–H groups in total. The summed E-state index contributed by atoms with van der Waals surface area (Å²) in [4.78, 5) is 17.0. The van der Waals surface area contributed by atoms with Crippen LogP contribution in [0.15, 0.2) is 24.3 Å². The fraction of sp³-hybridized carbons (Fsp3) is 0.632. The number of likely N-dealkylation sites (tertiary alicyclic amines) is 1. The normalized spacial score (nSPS) is 30.0. The maximum absolute atomic E-state index is 12.8.